The van der Waals surface area contributed by atoms with E-state index in [2.05, 4.69) is 9.39 Å². The summed E-state index contributed by atoms with van der Waals surface area (Å²) in [7, 11) is 0.674. The Hall–Kier alpha value is -2.86. The third kappa shape index (κ3) is 3.60. The molecule has 1 amide bonds. The number of amidine groups is 3. The van der Waals surface area contributed by atoms with Crippen molar-refractivity contribution in [3.8, 4) is 17.2 Å². The molecular weight excluding hydrogens is 420 g/mol. The number of sulfone groups is 1. The van der Waals surface area contributed by atoms with E-state index in [0.29, 0.717) is 22.8 Å². The number of amides is 1. The zero-order valence-corrected chi connectivity index (χ0v) is 17.7. The number of carbonyl (C=O) groups excluding carboxylic acids is 1. The van der Waals surface area contributed by atoms with Crippen LogP contribution < -0.4 is 14.2 Å². The smallest absolute Gasteiger partial charge is 0.283 e. The minimum absolute atomic E-state index is 0.0362. The van der Waals surface area contributed by atoms with Gasteiger partial charge >= 0.3 is 0 Å². The number of fused-ring (bicyclic) bond motifs is 1. The van der Waals surface area contributed by atoms with Crippen LogP contribution in [0, 0.1) is 5.41 Å². The second-order valence-corrected chi connectivity index (χ2v) is 8.67. The molecule has 10 nitrogen and oxygen atoms in total. The maximum Gasteiger partial charge on any atom is 0.283 e. The highest BCUT2D eigenvalue weighted by Crippen LogP contribution is 2.39. The molecule has 29 heavy (non-hydrogen) atoms. The van der Waals surface area contributed by atoms with Gasteiger partial charge in [0.15, 0.2) is 11.5 Å². The number of nitrogens with one attached hydrogen (secondary N) is 1. The molecule has 0 unspecified atom stereocenters. The Morgan fingerprint density at radius 1 is 1.17 bits per heavy atom. The van der Waals surface area contributed by atoms with Crippen LogP contribution in [0.4, 0.5) is 0 Å². The maximum absolute atomic E-state index is 12.5. The molecular formula is C17H18N4O6S2. The Kier molecular flexibility index (Phi) is 5.66. The molecule has 0 aromatic heterocycles. The van der Waals surface area contributed by atoms with Gasteiger partial charge in [0, 0.05) is 0 Å². The number of ether oxygens (including phenoxy) is 3. The summed E-state index contributed by atoms with van der Waals surface area (Å²) < 4.78 is 44.3. The summed E-state index contributed by atoms with van der Waals surface area (Å²) in [6.45, 7) is 1.48. The number of hydrogen-bond acceptors (Lipinski definition) is 9. The molecule has 0 saturated carbocycles. The summed E-state index contributed by atoms with van der Waals surface area (Å²) in [5, 5.41) is 8.15. The van der Waals surface area contributed by atoms with Crippen LogP contribution in [0.1, 0.15) is 12.5 Å². The van der Waals surface area contributed by atoms with Crippen LogP contribution >= 0.6 is 11.9 Å². The molecule has 154 valence electrons. The van der Waals surface area contributed by atoms with Crippen molar-refractivity contribution >= 4 is 49.9 Å². The zero-order valence-electron chi connectivity index (χ0n) is 16.0. The molecule has 0 spiro atoms. The van der Waals surface area contributed by atoms with E-state index in [0.717, 1.165) is 16.8 Å². The van der Waals surface area contributed by atoms with Gasteiger partial charge in [-0.15, -0.1) is 0 Å². The van der Waals surface area contributed by atoms with Crippen molar-refractivity contribution in [3.05, 3.63) is 23.3 Å². The van der Waals surface area contributed by atoms with Crippen LogP contribution in [0.5, 0.6) is 17.2 Å². The minimum Gasteiger partial charge on any atom is -0.493 e. The first-order valence-corrected chi connectivity index (χ1v) is 10.7. The summed E-state index contributed by atoms with van der Waals surface area (Å²) >= 11 is 0.749. The fraction of sp³-hybridized carbons (Fsp3) is 0.294. The van der Waals surface area contributed by atoms with E-state index in [1.165, 1.54) is 34.3 Å². The van der Waals surface area contributed by atoms with Crippen LogP contribution in [0.3, 0.4) is 0 Å². The van der Waals surface area contributed by atoms with Gasteiger partial charge in [0.25, 0.3) is 5.91 Å². The Balaban J connectivity index is 2.09. The highest BCUT2D eigenvalue weighted by molar-refractivity contribution is 8.16. The van der Waals surface area contributed by atoms with Crippen molar-refractivity contribution in [2.75, 3.05) is 27.1 Å². The Bertz CT molecular complexity index is 1070. The van der Waals surface area contributed by atoms with Crippen molar-refractivity contribution in [2.24, 2.45) is 9.39 Å². The highest BCUT2D eigenvalue weighted by Gasteiger charge is 2.42. The Morgan fingerprint density at radius 2 is 1.79 bits per heavy atom. The Morgan fingerprint density at radius 3 is 2.31 bits per heavy atom. The first-order chi connectivity index (χ1) is 13.8. The predicted octanol–water partition coefficient (Wildman–Crippen LogP) is 1.72. The Labute approximate surface area is 171 Å². The third-order valence-corrected chi connectivity index (χ3v) is 6.56. The second kappa shape index (κ2) is 7.87. The lowest BCUT2D eigenvalue weighted by atomic mass is 10.1. The number of aliphatic imine (C=N–C) groups is 1. The predicted molar refractivity (Wildman–Crippen MR) is 111 cm³/mol. The normalized spacial score (nSPS) is 17.8. The number of benzene rings is 1. The molecule has 2 aliphatic rings. The van der Waals surface area contributed by atoms with Crippen LogP contribution in [0.15, 0.2) is 27.1 Å². The van der Waals surface area contributed by atoms with Gasteiger partial charge in [-0.3, -0.25) is 10.2 Å². The minimum atomic E-state index is -3.71. The number of nitrogens with zero attached hydrogens (tertiary/aromatic N) is 3. The molecule has 0 bridgehead atoms. The first kappa shape index (κ1) is 20.9. The maximum atomic E-state index is 12.5. The molecule has 1 aromatic carbocycles. The fourth-order valence-corrected chi connectivity index (χ4v) is 4.64. The van der Waals surface area contributed by atoms with E-state index in [9.17, 15) is 13.2 Å². The molecule has 3 rings (SSSR count). The van der Waals surface area contributed by atoms with Gasteiger partial charge in [-0.05, 0) is 23.8 Å². The van der Waals surface area contributed by atoms with Gasteiger partial charge in [0.2, 0.25) is 25.9 Å². The molecule has 2 aliphatic heterocycles. The van der Waals surface area contributed by atoms with Crippen LogP contribution in [-0.4, -0.2) is 62.5 Å². The molecule has 0 fully saturated rings. The lowest BCUT2D eigenvalue weighted by Gasteiger charge is -2.24. The summed E-state index contributed by atoms with van der Waals surface area (Å²) in [6, 6.07) is 3.20. The number of hydrogen-bond donors (Lipinski definition) is 1. The van der Waals surface area contributed by atoms with Crippen LogP contribution in [0.2, 0.25) is 0 Å². The lowest BCUT2D eigenvalue weighted by molar-refractivity contribution is -0.114. The lowest BCUT2D eigenvalue weighted by Crippen LogP contribution is -2.45. The summed E-state index contributed by atoms with van der Waals surface area (Å²) in [4.78, 5) is 17.4. The third-order valence-electron chi connectivity index (χ3n) is 4.15. The molecule has 0 radical (unpaired) electrons. The molecule has 12 heteroatoms. The van der Waals surface area contributed by atoms with Crippen LogP contribution in [-0.2, 0) is 14.6 Å². The van der Waals surface area contributed by atoms with E-state index < -0.39 is 15.7 Å². The standard InChI is InChI=1S/C17H18N4O6S2/c1-5-29(23,24)17-20-28-16-19-15(22)10(14(18)21(16)17)6-9-7-11(25-2)13(27-4)12(8-9)26-3/h6-8,18H,5H2,1-4H3. The van der Waals surface area contributed by atoms with Crippen LogP contribution in [0.25, 0.3) is 6.08 Å². The average Bonchev–Trinajstić information content (AvgIpc) is 3.14. The monoisotopic (exact) mass is 438 g/mol. The van der Waals surface area contributed by atoms with Crippen molar-refractivity contribution in [1.29, 1.82) is 5.41 Å². The highest BCUT2D eigenvalue weighted by atomic mass is 32.2. The molecule has 2 heterocycles. The molecule has 0 atom stereocenters. The van der Waals surface area contributed by atoms with Crippen molar-refractivity contribution < 1.29 is 27.4 Å². The number of rotatable bonds is 5. The fourth-order valence-electron chi connectivity index (χ4n) is 2.68. The van der Waals surface area contributed by atoms with E-state index in [1.807, 2.05) is 0 Å². The van der Waals surface area contributed by atoms with Crippen molar-refractivity contribution in [1.82, 2.24) is 4.90 Å². The van der Waals surface area contributed by atoms with Gasteiger partial charge in [-0.1, -0.05) is 6.92 Å². The molecule has 1 aromatic rings. The van der Waals surface area contributed by atoms with Gasteiger partial charge in [-0.25, -0.2) is 13.3 Å². The molecule has 0 saturated heterocycles. The topological polar surface area (TPSA) is 131 Å². The summed E-state index contributed by atoms with van der Waals surface area (Å²) in [5.74, 6) is -0.0803. The van der Waals surface area contributed by atoms with E-state index >= 15 is 0 Å². The van der Waals surface area contributed by atoms with Gasteiger partial charge in [0.05, 0.1) is 44.6 Å². The van der Waals surface area contributed by atoms with Gasteiger partial charge < -0.3 is 14.2 Å². The molecule has 1 N–H and O–H groups in total. The van der Waals surface area contributed by atoms with E-state index in [-0.39, 0.29) is 27.5 Å². The van der Waals surface area contributed by atoms with Crippen molar-refractivity contribution in [2.45, 2.75) is 6.92 Å². The zero-order chi connectivity index (χ0) is 21.3. The number of carbonyl (C=O) groups is 1. The van der Waals surface area contributed by atoms with E-state index in [4.69, 9.17) is 19.6 Å². The van der Waals surface area contributed by atoms with E-state index in [1.54, 1.807) is 12.1 Å². The summed E-state index contributed by atoms with van der Waals surface area (Å²) in [6.07, 6.45) is 1.41. The largest absolute Gasteiger partial charge is 0.493 e. The van der Waals surface area contributed by atoms with Gasteiger partial charge in [-0.2, -0.15) is 9.39 Å². The SMILES string of the molecule is CCS(=O)(=O)C1=NSC2=NC(=O)C(=Cc3cc(OC)c(OC)c(OC)c3)C(=N)N21. The summed E-state index contributed by atoms with van der Waals surface area (Å²) in [5.41, 5.74) is 0.388. The molecule has 0 aliphatic carbocycles. The van der Waals surface area contributed by atoms with Gasteiger partial charge in [0.1, 0.15) is 5.84 Å². The first-order valence-electron chi connectivity index (χ1n) is 8.28. The average molecular weight is 438 g/mol. The second-order valence-electron chi connectivity index (χ2n) is 5.77. The quantitative estimate of drug-likeness (QED) is 0.543. The van der Waals surface area contributed by atoms with Crippen molar-refractivity contribution in [3.63, 3.8) is 0 Å². The number of methoxy groups -OCH3 is 3.